The molecular weight excluding hydrogens is 1290 g/mol. The van der Waals surface area contributed by atoms with Gasteiger partial charge in [-0.2, -0.15) is 0 Å². The van der Waals surface area contributed by atoms with Gasteiger partial charge in [0, 0.05) is 6.42 Å². The van der Waals surface area contributed by atoms with Crippen molar-refractivity contribution < 1.29 is 64.6 Å². The molecule has 0 radical (unpaired) electrons. The zero-order chi connectivity index (χ0) is 74.4. The Morgan fingerprint density at radius 1 is 0.359 bits per heavy atom. The Kier molecular flexibility index (Phi) is 66.5. The molecule has 0 spiro atoms. The highest BCUT2D eigenvalue weighted by molar-refractivity contribution is 5.76. The van der Waals surface area contributed by atoms with E-state index in [1.54, 1.807) is 6.08 Å². The standard InChI is InChI=1S/C89H157NO13/c1-3-5-7-9-11-13-15-17-19-21-23-25-27-29-31-33-34-35-36-37-38-39-40-41-42-43-44-45-47-49-51-53-55-57-59-61-63-65-67-69-71-73-81(94)90-77(76-100-88-86(99)84(97)87(80(75-92)102-88)103-89-85(98)83(96)82(95)79(74-91)101-89)78(93)72-70-68-66-64-62-60-58-56-54-52-50-48-46-32-30-28-26-24-22-20-18-16-14-12-10-8-6-4-2/h5,7,11,13,17,19,23,25,29,31,34-35,37-38,40-41,70,72,77-80,82-89,91-93,95-99H,3-4,6,8-10,12,14-16,18,20-22,24,26-28,30,32-33,36,39,42-69,71,73-76H2,1-2H3,(H,90,94)/b7-5-,13-11-,19-17-,25-23-,31-29-,35-34-,38-37-,41-40-,72-70+. The summed E-state index contributed by atoms with van der Waals surface area (Å²) in [6, 6.07) is -0.922. The van der Waals surface area contributed by atoms with E-state index in [1.807, 2.05) is 6.08 Å². The van der Waals surface area contributed by atoms with E-state index in [4.69, 9.17) is 18.9 Å². The molecule has 12 unspecified atom stereocenters. The number of aliphatic hydroxyl groups is 8. The number of ether oxygens (including phenoxy) is 4. The quantitative estimate of drug-likeness (QED) is 0.0204. The molecule has 0 aliphatic carbocycles. The summed E-state index contributed by atoms with van der Waals surface area (Å²) in [5.41, 5.74) is 0. The van der Waals surface area contributed by atoms with Crippen molar-refractivity contribution in [3.8, 4) is 0 Å². The largest absolute Gasteiger partial charge is 0.394 e. The van der Waals surface area contributed by atoms with E-state index in [1.165, 1.54) is 238 Å². The van der Waals surface area contributed by atoms with Crippen LogP contribution in [0.3, 0.4) is 0 Å². The molecule has 596 valence electrons. The number of carbonyl (C=O) groups excluding carboxylic acids is 1. The molecule has 2 heterocycles. The zero-order valence-corrected chi connectivity index (χ0v) is 65.5. The number of carbonyl (C=O) groups is 1. The van der Waals surface area contributed by atoms with Crippen LogP contribution in [-0.4, -0.2) is 140 Å². The average molecular weight is 1450 g/mol. The van der Waals surface area contributed by atoms with Crippen molar-refractivity contribution in [2.24, 2.45) is 0 Å². The topological polar surface area (TPSA) is 228 Å². The van der Waals surface area contributed by atoms with Crippen LogP contribution in [0, 0.1) is 0 Å². The average Bonchev–Trinajstić information content (AvgIpc) is 0.791. The fraction of sp³-hybridized carbons (Fsp3) is 0.787. The third-order valence-electron chi connectivity index (χ3n) is 20.2. The van der Waals surface area contributed by atoms with Gasteiger partial charge in [-0.3, -0.25) is 4.79 Å². The summed E-state index contributed by atoms with van der Waals surface area (Å²) in [5.74, 6) is -0.237. The summed E-state index contributed by atoms with van der Waals surface area (Å²) in [5, 5.41) is 87.8. The normalized spacial score (nSPS) is 22.1. The Hall–Kier alpha value is -3.35. The van der Waals surface area contributed by atoms with Crippen molar-refractivity contribution in [2.45, 2.75) is 428 Å². The van der Waals surface area contributed by atoms with E-state index in [9.17, 15) is 45.6 Å². The Balaban J connectivity index is 1.59. The molecule has 14 heteroatoms. The van der Waals surface area contributed by atoms with Crippen molar-refractivity contribution in [1.82, 2.24) is 5.32 Å². The van der Waals surface area contributed by atoms with E-state index in [-0.39, 0.29) is 18.9 Å². The van der Waals surface area contributed by atoms with Crippen molar-refractivity contribution in [2.75, 3.05) is 19.8 Å². The summed E-state index contributed by atoms with van der Waals surface area (Å²) in [7, 11) is 0. The summed E-state index contributed by atoms with van der Waals surface area (Å²) >= 11 is 0. The van der Waals surface area contributed by atoms with Crippen LogP contribution in [0.25, 0.3) is 0 Å². The first-order valence-corrected chi connectivity index (χ1v) is 42.6. The molecule has 2 saturated heterocycles. The number of allylic oxidation sites excluding steroid dienone is 17. The minimum Gasteiger partial charge on any atom is -0.394 e. The predicted molar refractivity (Wildman–Crippen MR) is 429 cm³/mol. The molecule has 0 saturated carbocycles. The molecule has 2 rings (SSSR count). The maximum Gasteiger partial charge on any atom is 0.220 e. The van der Waals surface area contributed by atoms with Crippen LogP contribution in [0.4, 0.5) is 0 Å². The molecule has 2 aliphatic heterocycles. The van der Waals surface area contributed by atoms with Crippen LogP contribution in [0.5, 0.6) is 0 Å². The number of hydrogen-bond donors (Lipinski definition) is 9. The van der Waals surface area contributed by atoms with Crippen LogP contribution in [0.2, 0.25) is 0 Å². The van der Waals surface area contributed by atoms with E-state index in [0.717, 1.165) is 89.9 Å². The molecule has 0 aromatic rings. The Morgan fingerprint density at radius 2 is 0.670 bits per heavy atom. The first kappa shape index (κ1) is 95.7. The minimum atomic E-state index is -1.79. The van der Waals surface area contributed by atoms with Crippen LogP contribution < -0.4 is 5.32 Å². The number of aliphatic hydroxyl groups excluding tert-OH is 8. The molecule has 0 bridgehead atoms. The number of nitrogens with one attached hydrogen (secondary N) is 1. The zero-order valence-electron chi connectivity index (χ0n) is 65.5. The fourth-order valence-electron chi connectivity index (χ4n) is 13.5. The highest BCUT2D eigenvalue weighted by Crippen LogP contribution is 2.30. The van der Waals surface area contributed by atoms with Crippen molar-refractivity contribution in [1.29, 1.82) is 0 Å². The van der Waals surface area contributed by atoms with Gasteiger partial charge >= 0.3 is 0 Å². The van der Waals surface area contributed by atoms with Crippen LogP contribution in [0.15, 0.2) is 109 Å². The maximum absolute atomic E-state index is 13.4. The molecule has 2 fully saturated rings. The third kappa shape index (κ3) is 54.0. The molecule has 12 atom stereocenters. The first-order chi connectivity index (χ1) is 50.6. The minimum absolute atomic E-state index is 0.237. The lowest BCUT2D eigenvalue weighted by Gasteiger charge is -2.46. The van der Waals surface area contributed by atoms with E-state index in [0.29, 0.717) is 6.42 Å². The van der Waals surface area contributed by atoms with Gasteiger partial charge < -0.3 is 65.1 Å². The van der Waals surface area contributed by atoms with Crippen molar-refractivity contribution in [3.63, 3.8) is 0 Å². The monoisotopic (exact) mass is 1450 g/mol. The molecule has 0 aromatic heterocycles. The SMILES string of the molecule is CC/C=C\C/C=C\C/C=C\C/C=C\C/C=C\C/C=C\C/C=C\C/C=C\CCCCCCCCCCCCCCCCCCC(=O)NC(COC1OC(CO)C(OC2OC(CO)C(O)C(O)C2O)C(O)C1O)C(O)/C=C/CCCCCCCCCCCCCCCCCCCCCCCCCCCC. The number of rotatable bonds is 71. The lowest BCUT2D eigenvalue weighted by molar-refractivity contribution is -0.359. The lowest BCUT2D eigenvalue weighted by atomic mass is 9.97. The molecule has 14 nitrogen and oxygen atoms in total. The van der Waals surface area contributed by atoms with Crippen molar-refractivity contribution >= 4 is 5.91 Å². The second-order valence-electron chi connectivity index (χ2n) is 29.6. The predicted octanol–water partition coefficient (Wildman–Crippen LogP) is 20.2. The van der Waals surface area contributed by atoms with Gasteiger partial charge in [0.05, 0.1) is 32.0 Å². The Bertz CT molecular complexity index is 2150. The number of amides is 1. The molecule has 0 aromatic carbocycles. The summed E-state index contributed by atoms with van der Waals surface area (Å²) in [4.78, 5) is 13.4. The van der Waals surface area contributed by atoms with Gasteiger partial charge in [-0.15, -0.1) is 0 Å². The van der Waals surface area contributed by atoms with Crippen LogP contribution in [0.1, 0.15) is 354 Å². The number of unbranched alkanes of at least 4 members (excludes halogenated alkanes) is 42. The highest BCUT2D eigenvalue weighted by atomic mass is 16.7. The van der Waals surface area contributed by atoms with E-state index < -0.39 is 86.8 Å². The molecular formula is C89H157NO13. The van der Waals surface area contributed by atoms with Gasteiger partial charge in [0.1, 0.15) is 48.8 Å². The molecule has 9 N–H and O–H groups in total. The summed E-state index contributed by atoms with van der Waals surface area (Å²) in [6.07, 6.45) is 87.4. The Morgan fingerprint density at radius 3 is 1.03 bits per heavy atom. The molecule has 1 amide bonds. The van der Waals surface area contributed by atoms with Gasteiger partial charge in [0.15, 0.2) is 12.6 Å². The van der Waals surface area contributed by atoms with Gasteiger partial charge in [-0.25, -0.2) is 0 Å². The van der Waals surface area contributed by atoms with Gasteiger partial charge in [-0.05, 0) is 83.5 Å². The van der Waals surface area contributed by atoms with E-state index >= 15 is 0 Å². The maximum atomic E-state index is 13.4. The highest BCUT2D eigenvalue weighted by Gasteiger charge is 2.51. The third-order valence-corrected chi connectivity index (χ3v) is 20.2. The summed E-state index contributed by atoms with van der Waals surface area (Å²) in [6.45, 7) is 2.73. The van der Waals surface area contributed by atoms with Gasteiger partial charge in [0.25, 0.3) is 0 Å². The number of hydrogen-bond acceptors (Lipinski definition) is 13. The Labute approximate surface area is 629 Å². The lowest BCUT2D eigenvalue weighted by Crippen LogP contribution is -2.65. The second kappa shape index (κ2) is 71.6. The molecule has 2 aliphatic rings. The van der Waals surface area contributed by atoms with Crippen molar-refractivity contribution in [3.05, 3.63) is 109 Å². The van der Waals surface area contributed by atoms with Gasteiger partial charge in [-0.1, -0.05) is 374 Å². The van der Waals surface area contributed by atoms with Gasteiger partial charge in [0.2, 0.25) is 5.91 Å². The fourth-order valence-corrected chi connectivity index (χ4v) is 13.5. The first-order valence-electron chi connectivity index (χ1n) is 42.6. The smallest absolute Gasteiger partial charge is 0.220 e. The van der Waals surface area contributed by atoms with Crippen LogP contribution in [-0.2, 0) is 23.7 Å². The summed E-state index contributed by atoms with van der Waals surface area (Å²) < 4.78 is 22.9. The second-order valence-corrected chi connectivity index (χ2v) is 29.6. The molecule has 103 heavy (non-hydrogen) atoms. The van der Waals surface area contributed by atoms with Crippen LogP contribution >= 0.6 is 0 Å². The van der Waals surface area contributed by atoms with E-state index in [2.05, 4.69) is 116 Å².